The van der Waals surface area contributed by atoms with Crippen LogP contribution >= 0.6 is 0 Å². The van der Waals surface area contributed by atoms with E-state index in [9.17, 15) is 14.0 Å². The van der Waals surface area contributed by atoms with Gasteiger partial charge in [-0.1, -0.05) is 35.9 Å². The zero-order chi connectivity index (χ0) is 22.2. The molecule has 1 unspecified atom stereocenters. The Hall–Kier alpha value is -2.75. The van der Waals surface area contributed by atoms with Gasteiger partial charge in [0.1, 0.15) is 11.6 Å². The van der Waals surface area contributed by atoms with Gasteiger partial charge >= 0.3 is 5.97 Å². The monoisotopic (exact) mass is 408 g/mol. The summed E-state index contributed by atoms with van der Waals surface area (Å²) < 4.78 is 20.0. The molecule has 0 radical (unpaired) electrons. The van der Waals surface area contributed by atoms with Gasteiger partial charge in [-0.15, -0.1) is 0 Å². The minimum absolute atomic E-state index is 0.0926. The summed E-state index contributed by atoms with van der Waals surface area (Å²) in [6, 6.07) is 10.5. The molecule has 0 aromatic heterocycles. The first-order valence-electron chi connectivity index (χ1n) is 10.3. The maximum atomic E-state index is 14.2. The Morgan fingerprint density at radius 3 is 2.27 bits per heavy atom. The van der Waals surface area contributed by atoms with E-state index in [4.69, 9.17) is 4.74 Å². The Labute approximate surface area is 178 Å². The maximum Gasteiger partial charge on any atom is 0.316 e. The van der Waals surface area contributed by atoms with Crippen molar-refractivity contribution in [3.8, 4) is 0 Å². The third-order valence-electron chi connectivity index (χ3n) is 5.51. The second-order valence-electron chi connectivity index (χ2n) is 9.27. The number of carbonyl (C=O) groups is 2. The number of hydrogen-bond donors (Lipinski definition) is 0. The first-order valence-corrected chi connectivity index (χ1v) is 10.3. The summed E-state index contributed by atoms with van der Waals surface area (Å²) in [7, 11) is 0. The van der Waals surface area contributed by atoms with Crippen molar-refractivity contribution in [2.24, 2.45) is 11.3 Å². The maximum absolute atomic E-state index is 14.2. The van der Waals surface area contributed by atoms with Crippen molar-refractivity contribution < 1.29 is 18.7 Å². The van der Waals surface area contributed by atoms with E-state index in [1.807, 2.05) is 32.9 Å². The summed E-state index contributed by atoms with van der Waals surface area (Å²) in [4.78, 5) is 26.1. The summed E-state index contributed by atoms with van der Waals surface area (Å²) in [5.41, 5.74) is 4.12. The number of Topliss-reactive ketones (excluding diaryl/α,β-unsaturated/α-hetero) is 1. The first kappa shape index (κ1) is 21.9. The van der Waals surface area contributed by atoms with Crippen LogP contribution in [0.5, 0.6) is 0 Å². The molecule has 1 aliphatic carbocycles. The number of benzene rings is 2. The van der Waals surface area contributed by atoms with Gasteiger partial charge in [0.15, 0.2) is 5.78 Å². The summed E-state index contributed by atoms with van der Waals surface area (Å²) in [5, 5.41) is 0. The summed E-state index contributed by atoms with van der Waals surface area (Å²) >= 11 is 0. The van der Waals surface area contributed by atoms with Crippen molar-refractivity contribution in [3.05, 3.63) is 75.8 Å². The predicted molar refractivity (Wildman–Crippen MR) is 116 cm³/mol. The molecule has 0 saturated carbocycles. The lowest BCUT2D eigenvalue weighted by atomic mass is 9.89. The molecule has 0 amide bonds. The van der Waals surface area contributed by atoms with E-state index < -0.39 is 11.3 Å². The SMILES string of the molecule is Cc1cc(C)c(C2=C(OC(=O)C(C)(C)C)CC(Cc3ccccc3F)C2=O)c(C)c1. The Balaban J connectivity index is 2.05. The van der Waals surface area contributed by atoms with Gasteiger partial charge in [0.05, 0.1) is 11.0 Å². The van der Waals surface area contributed by atoms with Crippen molar-refractivity contribution in [1.82, 2.24) is 0 Å². The van der Waals surface area contributed by atoms with Crippen LogP contribution in [0.1, 0.15) is 55.0 Å². The molecule has 4 heteroatoms. The number of allylic oxidation sites excluding steroid dienone is 2. The number of aryl methyl sites for hydroxylation is 3. The third-order valence-corrected chi connectivity index (χ3v) is 5.51. The van der Waals surface area contributed by atoms with E-state index in [2.05, 4.69) is 0 Å². The summed E-state index contributed by atoms with van der Waals surface area (Å²) in [6.45, 7) is 11.3. The lowest BCUT2D eigenvalue weighted by Crippen LogP contribution is -2.22. The molecule has 0 saturated heterocycles. The third kappa shape index (κ3) is 4.38. The fraction of sp³-hybridized carbons (Fsp3) is 0.385. The van der Waals surface area contributed by atoms with Crippen molar-refractivity contribution in [1.29, 1.82) is 0 Å². The standard InChI is InChI=1S/C26H29FO3/c1-15-11-16(2)22(17(3)12-15)23-21(30-25(29)26(4,5)6)14-19(24(23)28)13-18-9-7-8-10-20(18)27/h7-12,19H,13-14H2,1-6H3. The minimum atomic E-state index is -0.692. The molecule has 2 aromatic carbocycles. The number of rotatable bonds is 4. The number of hydrogen-bond acceptors (Lipinski definition) is 3. The van der Waals surface area contributed by atoms with E-state index in [1.165, 1.54) is 6.07 Å². The molecule has 3 rings (SSSR count). The number of ketones is 1. The fourth-order valence-corrected chi connectivity index (χ4v) is 4.05. The molecule has 1 atom stereocenters. The van der Waals surface area contributed by atoms with Gasteiger partial charge in [0.25, 0.3) is 0 Å². The van der Waals surface area contributed by atoms with Gasteiger partial charge < -0.3 is 4.74 Å². The highest BCUT2D eigenvalue weighted by Gasteiger charge is 2.39. The largest absolute Gasteiger partial charge is 0.430 e. The van der Waals surface area contributed by atoms with Crippen LogP contribution < -0.4 is 0 Å². The zero-order valence-corrected chi connectivity index (χ0v) is 18.6. The molecule has 2 aromatic rings. The molecule has 30 heavy (non-hydrogen) atoms. The average molecular weight is 409 g/mol. The molecule has 0 aliphatic heterocycles. The summed E-state index contributed by atoms with van der Waals surface area (Å²) in [6.07, 6.45) is 0.562. The van der Waals surface area contributed by atoms with Crippen molar-refractivity contribution in [3.63, 3.8) is 0 Å². The van der Waals surface area contributed by atoms with Crippen LogP contribution in [-0.2, 0) is 20.7 Å². The van der Waals surface area contributed by atoms with Crippen LogP contribution in [0.25, 0.3) is 5.57 Å². The van der Waals surface area contributed by atoms with Crippen molar-refractivity contribution >= 4 is 17.3 Å². The molecule has 0 heterocycles. The molecule has 0 bridgehead atoms. The van der Waals surface area contributed by atoms with Crippen LogP contribution in [0, 0.1) is 37.9 Å². The lowest BCUT2D eigenvalue weighted by molar-refractivity contribution is -0.148. The zero-order valence-electron chi connectivity index (χ0n) is 18.6. The second-order valence-corrected chi connectivity index (χ2v) is 9.27. The molecule has 0 spiro atoms. The topological polar surface area (TPSA) is 43.4 Å². The van der Waals surface area contributed by atoms with Crippen LogP contribution in [0.3, 0.4) is 0 Å². The van der Waals surface area contributed by atoms with E-state index in [-0.39, 0.29) is 30.4 Å². The average Bonchev–Trinajstić information content (AvgIpc) is 2.91. The van der Waals surface area contributed by atoms with Crippen LogP contribution in [-0.4, -0.2) is 11.8 Å². The number of esters is 1. The fourth-order valence-electron chi connectivity index (χ4n) is 4.05. The molecular weight excluding hydrogens is 379 g/mol. The Bertz CT molecular complexity index is 1020. The Morgan fingerprint density at radius 2 is 1.70 bits per heavy atom. The van der Waals surface area contributed by atoms with Gasteiger partial charge in [0.2, 0.25) is 0 Å². The molecule has 0 fully saturated rings. The Morgan fingerprint density at radius 1 is 1.10 bits per heavy atom. The Kier molecular flexibility index (Phi) is 5.98. The van der Waals surface area contributed by atoms with Gasteiger partial charge in [-0.3, -0.25) is 9.59 Å². The van der Waals surface area contributed by atoms with Crippen LogP contribution in [0.2, 0.25) is 0 Å². The molecular formula is C26H29FO3. The number of carbonyl (C=O) groups excluding carboxylic acids is 2. The van der Waals surface area contributed by atoms with E-state index in [0.29, 0.717) is 16.9 Å². The minimum Gasteiger partial charge on any atom is -0.430 e. The van der Waals surface area contributed by atoms with E-state index in [0.717, 1.165) is 22.3 Å². The van der Waals surface area contributed by atoms with Gasteiger partial charge in [-0.25, -0.2) is 4.39 Å². The predicted octanol–water partition coefficient (Wildman–Crippen LogP) is 5.88. The smallest absolute Gasteiger partial charge is 0.316 e. The molecule has 3 nitrogen and oxygen atoms in total. The van der Waals surface area contributed by atoms with Gasteiger partial charge in [-0.2, -0.15) is 0 Å². The van der Waals surface area contributed by atoms with E-state index >= 15 is 0 Å². The molecule has 1 aliphatic rings. The number of halogens is 1. The highest BCUT2D eigenvalue weighted by Crippen LogP contribution is 2.41. The second kappa shape index (κ2) is 8.17. The quantitative estimate of drug-likeness (QED) is 0.593. The molecule has 158 valence electrons. The van der Waals surface area contributed by atoms with Crippen LogP contribution in [0.15, 0.2) is 42.2 Å². The van der Waals surface area contributed by atoms with Crippen LogP contribution in [0.4, 0.5) is 4.39 Å². The highest BCUT2D eigenvalue weighted by atomic mass is 19.1. The lowest BCUT2D eigenvalue weighted by Gasteiger charge is -2.18. The van der Waals surface area contributed by atoms with Gasteiger partial charge in [0, 0.05) is 12.3 Å². The number of ether oxygens (including phenoxy) is 1. The normalized spacial score (nSPS) is 16.9. The molecule has 0 N–H and O–H groups in total. The van der Waals surface area contributed by atoms with Crippen molar-refractivity contribution in [2.75, 3.05) is 0 Å². The van der Waals surface area contributed by atoms with E-state index in [1.54, 1.807) is 39.0 Å². The highest BCUT2D eigenvalue weighted by molar-refractivity contribution is 6.25. The van der Waals surface area contributed by atoms with Crippen molar-refractivity contribution in [2.45, 2.75) is 54.4 Å². The first-order chi connectivity index (χ1) is 14.0. The van der Waals surface area contributed by atoms with Gasteiger partial charge in [-0.05, 0) is 76.3 Å². The summed E-state index contributed by atoms with van der Waals surface area (Å²) in [5.74, 6) is -0.854.